The number of aliphatic hydroxyl groups is 1. The Morgan fingerprint density at radius 2 is 1.95 bits per heavy atom. The summed E-state index contributed by atoms with van der Waals surface area (Å²) in [6.07, 6.45) is 0.464. The molecular weight excluding hydrogens is 254 g/mol. The summed E-state index contributed by atoms with van der Waals surface area (Å²) in [6.45, 7) is 5.05. The molecule has 0 bridgehead atoms. The van der Waals surface area contributed by atoms with Crippen molar-refractivity contribution in [3.63, 3.8) is 0 Å². The summed E-state index contributed by atoms with van der Waals surface area (Å²) < 4.78 is 0. The average Bonchev–Trinajstić information content (AvgIpc) is 2.98. The summed E-state index contributed by atoms with van der Waals surface area (Å²) in [5.41, 5.74) is 1.33. The van der Waals surface area contributed by atoms with Crippen LogP contribution in [0.4, 0.5) is 0 Å². The molecule has 2 rings (SSSR count). The van der Waals surface area contributed by atoms with Crippen molar-refractivity contribution in [3.8, 4) is 0 Å². The normalized spacial score (nSPS) is 12.8. The summed E-state index contributed by atoms with van der Waals surface area (Å²) in [5.74, 6) is 0. The van der Waals surface area contributed by atoms with Crippen LogP contribution in [-0.2, 0) is 6.54 Å². The van der Waals surface area contributed by atoms with E-state index in [1.165, 1.54) is 5.56 Å². The summed E-state index contributed by atoms with van der Waals surface area (Å²) in [6, 6.07) is 14.5. The Kier molecular flexibility index (Phi) is 5.58. The molecule has 1 aromatic carbocycles. The monoisotopic (exact) mass is 275 g/mol. The van der Waals surface area contributed by atoms with Gasteiger partial charge in [-0.15, -0.1) is 11.3 Å². The predicted molar refractivity (Wildman–Crippen MR) is 81.3 cm³/mol. The zero-order chi connectivity index (χ0) is 13.5. The maximum Gasteiger partial charge on any atom is 0.0894 e. The molecule has 0 aliphatic heterocycles. The second-order valence-electron chi connectivity index (χ2n) is 4.67. The van der Waals surface area contributed by atoms with Crippen molar-refractivity contribution < 1.29 is 5.11 Å². The van der Waals surface area contributed by atoms with Crippen molar-refractivity contribution in [2.45, 2.75) is 26.0 Å². The maximum atomic E-state index is 10.1. The second-order valence-corrected chi connectivity index (χ2v) is 5.65. The molecule has 0 fully saturated rings. The van der Waals surface area contributed by atoms with Gasteiger partial charge in [-0.1, -0.05) is 43.3 Å². The fourth-order valence-electron chi connectivity index (χ4n) is 2.12. The minimum Gasteiger partial charge on any atom is -0.388 e. The molecule has 1 unspecified atom stereocenters. The smallest absolute Gasteiger partial charge is 0.0894 e. The van der Waals surface area contributed by atoms with Gasteiger partial charge in [0.25, 0.3) is 0 Å². The maximum absolute atomic E-state index is 10.1. The number of nitrogens with zero attached hydrogens (tertiary/aromatic N) is 1. The zero-order valence-corrected chi connectivity index (χ0v) is 12.1. The van der Waals surface area contributed by atoms with Gasteiger partial charge in [0, 0.05) is 18.0 Å². The van der Waals surface area contributed by atoms with Gasteiger partial charge in [0.1, 0.15) is 0 Å². The van der Waals surface area contributed by atoms with Crippen molar-refractivity contribution in [3.05, 3.63) is 58.3 Å². The molecule has 2 aromatic rings. The predicted octanol–water partition coefficient (Wildman–Crippen LogP) is 3.69. The van der Waals surface area contributed by atoms with E-state index in [1.807, 2.05) is 23.6 Å². The van der Waals surface area contributed by atoms with E-state index in [9.17, 15) is 5.11 Å². The van der Waals surface area contributed by atoms with Gasteiger partial charge in [-0.2, -0.15) is 0 Å². The molecule has 1 aromatic heterocycles. The highest BCUT2D eigenvalue weighted by molar-refractivity contribution is 7.10. The second kappa shape index (κ2) is 7.43. The van der Waals surface area contributed by atoms with Crippen LogP contribution in [0.1, 0.15) is 29.9 Å². The molecule has 19 heavy (non-hydrogen) atoms. The van der Waals surface area contributed by atoms with E-state index in [-0.39, 0.29) is 6.10 Å². The fraction of sp³-hybridized carbons (Fsp3) is 0.375. The van der Waals surface area contributed by atoms with Crippen LogP contribution < -0.4 is 0 Å². The first-order valence-electron chi connectivity index (χ1n) is 6.77. The average molecular weight is 275 g/mol. The van der Waals surface area contributed by atoms with Gasteiger partial charge < -0.3 is 5.11 Å². The SMILES string of the molecule is CCN(CCC(O)c1cccs1)Cc1ccccc1. The van der Waals surface area contributed by atoms with E-state index in [2.05, 4.69) is 36.1 Å². The highest BCUT2D eigenvalue weighted by Gasteiger charge is 2.11. The Bertz CT molecular complexity index is 455. The fourth-order valence-corrected chi connectivity index (χ4v) is 2.86. The first-order valence-corrected chi connectivity index (χ1v) is 7.65. The van der Waals surface area contributed by atoms with Gasteiger partial charge in [0.15, 0.2) is 0 Å². The van der Waals surface area contributed by atoms with Crippen LogP contribution in [0.5, 0.6) is 0 Å². The third kappa shape index (κ3) is 4.46. The molecule has 0 saturated carbocycles. The number of thiophene rings is 1. The van der Waals surface area contributed by atoms with Crippen molar-refractivity contribution in [2.75, 3.05) is 13.1 Å². The van der Waals surface area contributed by atoms with E-state index in [0.717, 1.165) is 30.9 Å². The Hall–Kier alpha value is -1.16. The molecule has 1 heterocycles. The molecule has 2 nitrogen and oxygen atoms in total. The topological polar surface area (TPSA) is 23.5 Å². The first-order chi connectivity index (χ1) is 9.29. The van der Waals surface area contributed by atoms with E-state index in [4.69, 9.17) is 0 Å². The van der Waals surface area contributed by atoms with Gasteiger partial charge >= 0.3 is 0 Å². The molecule has 1 N–H and O–H groups in total. The van der Waals surface area contributed by atoms with E-state index < -0.39 is 0 Å². The van der Waals surface area contributed by atoms with Crippen molar-refractivity contribution in [2.24, 2.45) is 0 Å². The Morgan fingerprint density at radius 1 is 1.16 bits per heavy atom. The summed E-state index contributed by atoms with van der Waals surface area (Å²) >= 11 is 1.63. The molecule has 0 saturated heterocycles. The molecule has 1 atom stereocenters. The molecule has 0 radical (unpaired) electrons. The number of hydrogen-bond donors (Lipinski definition) is 1. The van der Waals surface area contributed by atoms with Crippen LogP contribution in [0.25, 0.3) is 0 Å². The molecule has 0 aliphatic carbocycles. The minimum absolute atomic E-state index is 0.329. The van der Waals surface area contributed by atoms with Crippen LogP contribution in [0.15, 0.2) is 47.8 Å². The van der Waals surface area contributed by atoms with Gasteiger partial charge in [0.2, 0.25) is 0 Å². The molecule has 102 valence electrons. The summed E-state index contributed by atoms with van der Waals surface area (Å²) in [4.78, 5) is 3.43. The Labute approximate surface area is 119 Å². The third-order valence-electron chi connectivity index (χ3n) is 3.29. The van der Waals surface area contributed by atoms with Crippen molar-refractivity contribution in [1.29, 1.82) is 0 Å². The summed E-state index contributed by atoms with van der Waals surface area (Å²) in [7, 11) is 0. The van der Waals surface area contributed by atoms with Gasteiger partial charge in [-0.3, -0.25) is 4.90 Å². The highest BCUT2D eigenvalue weighted by atomic mass is 32.1. The quantitative estimate of drug-likeness (QED) is 0.833. The van der Waals surface area contributed by atoms with Gasteiger partial charge in [-0.05, 0) is 30.0 Å². The van der Waals surface area contributed by atoms with Crippen molar-refractivity contribution in [1.82, 2.24) is 4.90 Å². The molecule has 3 heteroatoms. The van der Waals surface area contributed by atoms with Crippen LogP contribution >= 0.6 is 11.3 Å². The van der Waals surface area contributed by atoms with Gasteiger partial charge in [0.05, 0.1) is 6.10 Å². The molecule has 0 spiro atoms. The van der Waals surface area contributed by atoms with E-state index >= 15 is 0 Å². The zero-order valence-electron chi connectivity index (χ0n) is 11.3. The van der Waals surface area contributed by atoms with E-state index in [1.54, 1.807) is 11.3 Å². The highest BCUT2D eigenvalue weighted by Crippen LogP contribution is 2.22. The standard InChI is InChI=1S/C16H21NOS/c1-2-17(13-14-7-4-3-5-8-14)11-10-15(18)16-9-6-12-19-16/h3-9,12,15,18H,2,10-11,13H2,1H3. The van der Waals surface area contributed by atoms with Crippen LogP contribution in [-0.4, -0.2) is 23.1 Å². The lowest BCUT2D eigenvalue weighted by atomic mass is 10.1. The lowest BCUT2D eigenvalue weighted by Gasteiger charge is -2.21. The summed E-state index contributed by atoms with van der Waals surface area (Å²) in [5, 5.41) is 12.1. The minimum atomic E-state index is -0.329. The van der Waals surface area contributed by atoms with Crippen LogP contribution in [0.3, 0.4) is 0 Å². The van der Waals surface area contributed by atoms with Crippen molar-refractivity contribution >= 4 is 11.3 Å². The van der Waals surface area contributed by atoms with Crippen LogP contribution in [0, 0.1) is 0 Å². The largest absolute Gasteiger partial charge is 0.388 e. The van der Waals surface area contributed by atoms with Crippen LogP contribution in [0.2, 0.25) is 0 Å². The Morgan fingerprint density at radius 3 is 2.58 bits per heavy atom. The first kappa shape index (κ1) is 14.3. The number of hydrogen-bond acceptors (Lipinski definition) is 3. The third-order valence-corrected chi connectivity index (χ3v) is 4.26. The number of aliphatic hydroxyl groups excluding tert-OH is 1. The molecule has 0 aliphatic rings. The molecule has 0 amide bonds. The number of benzene rings is 1. The Balaban J connectivity index is 1.83. The lowest BCUT2D eigenvalue weighted by Crippen LogP contribution is -2.25. The van der Waals surface area contributed by atoms with Gasteiger partial charge in [-0.25, -0.2) is 0 Å². The van der Waals surface area contributed by atoms with E-state index in [0.29, 0.717) is 0 Å². The molecular formula is C16H21NOS. The number of rotatable bonds is 7. The lowest BCUT2D eigenvalue weighted by molar-refractivity contribution is 0.144.